The third kappa shape index (κ3) is 2.97. The average Bonchev–Trinajstić information content (AvgIpc) is 3.20. The van der Waals surface area contributed by atoms with Crippen molar-refractivity contribution in [1.82, 2.24) is 9.29 Å². The first-order valence-corrected chi connectivity index (χ1v) is 8.98. The maximum Gasteiger partial charge on any atom is 0.273 e. The Hall–Kier alpha value is -1.95. The number of nitrogens with zero attached hydrogens (tertiary/aromatic N) is 3. The quantitative estimate of drug-likeness (QED) is 0.851. The van der Waals surface area contributed by atoms with E-state index >= 15 is 0 Å². The SMILES string of the molecule is N#Cc1ccc(S(=O)(=O)N2CCC(Oc3nccs3)C2)cc1. The van der Waals surface area contributed by atoms with Crippen molar-refractivity contribution in [2.45, 2.75) is 17.4 Å². The molecule has 2 aromatic rings. The van der Waals surface area contributed by atoms with E-state index in [0.29, 0.717) is 30.3 Å². The lowest BCUT2D eigenvalue weighted by molar-refractivity contribution is 0.214. The lowest BCUT2D eigenvalue weighted by Crippen LogP contribution is -2.31. The average molecular weight is 335 g/mol. The van der Waals surface area contributed by atoms with Gasteiger partial charge in [0, 0.05) is 18.1 Å². The first kappa shape index (κ1) is 15.0. The van der Waals surface area contributed by atoms with Crippen LogP contribution in [0.2, 0.25) is 0 Å². The lowest BCUT2D eigenvalue weighted by atomic mass is 10.2. The third-order valence-electron chi connectivity index (χ3n) is 3.41. The molecule has 0 amide bonds. The van der Waals surface area contributed by atoms with E-state index in [1.165, 1.54) is 39.9 Å². The molecule has 114 valence electrons. The molecule has 0 spiro atoms. The predicted octanol–water partition coefficient (Wildman–Crippen LogP) is 1.86. The summed E-state index contributed by atoms with van der Waals surface area (Å²) >= 11 is 1.39. The Morgan fingerprint density at radius 2 is 2.14 bits per heavy atom. The van der Waals surface area contributed by atoms with Crippen LogP contribution in [0.1, 0.15) is 12.0 Å². The molecule has 8 heteroatoms. The fourth-order valence-corrected chi connectivity index (χ4v) is 4.31. The number of benzene rings is 1. The van der Waals surface area contributed by atoms with Crippen molar-refractivity contribution in [3.05, 3.63) is 41.4 Å². The molecular weight excluding hydrogens is 322 g/mol. The zero-order chi connectivity index (χ0) is 15.6. The highest BCUT2D eigenvalue weighted by Crippen LogP contribution is 2.25. The van der Waals surface area contributed by atoms with E-state index in [1.54, 1.807) is 6.20 Å². The van der Waals surface area contributed by atoms with Gasteiger partial charge in [0.2, 0.25) is 10.0 Å². The first-order chi connectivity index (χ1) is 10.6. The fraction of sp³-hybridized carbons (Fsp3) is 0.286. The summed E-state index contributed by atoms with van der Waals surface area (Å²) in [7, 11) is -3.55. The number of rotatable bonds is 4. The van der Waals surface area contributed by atoms with Crippen molar-refractivity contribution >= 4 is 21.4 Å². The molecular formula is C14H13N3O3S2. The van der Waals surface area contributed by atoms with Crippen LogP contribution in [0.15, 0.2) is 40.7 Å². The Kier molecular flexibility index (Phi) is 4.11. The van der Waals surface area contributed by atoms with Gasteiger partial charge in [0.15, 0.2) is 0 Å². The smallest absolute Gasteiger partial charge is 0.273 e. The number of sulfonamides is 1. The molecule has 1 saturated heterocycles. The zero-order valence-corrected chi connectivity index (χ0v) is 13.2. The van der Waals surface area contributed by atoms with Crippen molar-refractivity contribution < 1.29 is 13.2 Å². The van der Waals surface area contributed by atoms with Crippen LogP contribution in [-0.4, -0.2) is 36.9 Å². The Morgan fingerprint density at radius 1 is 1.36 bits per heavy atom. The number of aromatic nitrogens is 1. The van der Waals surface area contributed by atoms with Gasteiger partial charge in [-0.05, 0) is 30.7 Å². The van der Waals surface area contributed by atoms with Gasteiger partial charge < -0.3 is 4.74 Å². The van der Waals surface area contributed by atoms with Crippen molar-refractivity contribution in [3.63, 3.8) is 0 Å². The second kappa shape index (κ2) is 6.04. The van der Waals surface area contributed by atoms with E-state index in [1.807, 2.05) is 11.4 Å². The molecule has 1 atom stereocenters. The normalized spacial score (nSPS) is 19.0. The number of thiazole rings is 1. The van der Waals surface area contributed by atoms with Gasteiger partial charge in [0.05, 0.1) is 23.1 Å². The molecule has 1 unspecified atom stereocenters. The zero-order valence-electron chi connectivity index (χ0n) is 11.5. The van der Waals surface area contributed by atoms with Gasteiger partial charge in [-0.25, -0.2) is 13.4 Å². The molecule has 6 nitrogen and oxygen atoms in total. The predicted molar refractivity (Wildman–Crippen MR) is 81.1 cm³/mol. The molecule has 22 heavy (non-hydrogen) atoms. The van der Waals surface area contributed by atoms with Crippen LogP contribution in [-0.2, 0) is 10.0 Å². The summed E-state index contributed by atoms with van der Waals surface area (Å²) < 4.78 is 32.2. The summed E-state index contributed by atoms with van der Waals surface area (Å²) in [5, 5.41) is 11.1. The Bertz CT molecular complexity index is 780. The summed E-state index contributed by atoms with van der Waals surface area (Å²) in [4.78, 5) is 4.24. The van der Waals surface area contributed by atoms with Crippen molar-refractivity contribution in [2.75, 3.05) is 13.1 Å². The largest absolute Gasteiger partial charge is 0.465 e. The molecule has 0 bridgehead atoms. The topological polar surface area (TPSA) is 83.3 Å². The number of nitriles is 1. The van der Waals surface area contributed by atoms with E-state index in [-0.39, 0.29) is 11.0 Å². The third-order valence-corrected chi connectivity index (χ3v) is 5.95. The van der Waals surface area contributed by atoms with Crippen molar-refractivity contribution in [2.24, 2.45) is 0 Å². The minimum Gasteiger partial charge on any atom is -0.465 e. The maximum atomic E-state index is 12.6. The van der Waals surface area contributed by atoms with Crippen LogP contribution in [0.5, 0.6) is 5.19 Å². The molecule has 0 aliphatic carbocycles. The van der Waals surface area contributed by atoms with Gasteiger partial charge in [-0.2, -0.15) is 9.57 Å². The Balaban J connectivity index is 1.72. The summed E-state index contributed by atoms with van der Waals surface area (Å²) in [6, 6.07) is 7.91. The number of hydrogen-bond acceptors (Lipinski definition) is 6. The van der Waals surface area contributed by atoms with Crippen LogP contribution >= 0.6 is 11.3 Å². The second-order valence-electron chi connectivity index (χ2n) is 4.83. The minimum absolute atomic E-state index is 0.181. The van der Waals surface area contributed by atoms with Crippen LogP contribution in [0, 0.1) is 11.3 Å². The molecule has 1 fully saturated rings. The molecule has 1 aliphatic rings. The monoisotopic (exact) mass is 335 g/mol. The highest BCUT2D eigenvalue weighted by molar-refractivity contribution is 7.89. The van der Waals surface area contributed by atoms with Gasteiger partial charge >= 0.3 is 0 Å². The summed E-state index contributed by atoms with van der Waals surface area (Å²) in [6.07, 6.45) is 2.11. The van der Waals surface area contributed by atoms with Crippen LogP contribution in [0.25, 0.3) is 0 Å². The molecule has 2 heterocycles. The van der Waals surface area contributed by atoms with Gasteiger partial charge in [-0.15, -0.1) is 0 Å². The minimum atomic E-state index is -3.55. The van der Waals surface area contributed by atoms with E-state index in [2.05, 4.69) is 4.98 Å². The summed E-state index contributed by atoms with van der Waals surface area (Å²) in [5.74, 6) is 0. The Labute approximate surface area is 132 Å². The lowest BCUT2D eigenvalue weighted by Gasteiger charge is -2.16. The summed E-state index contributed by atoms with van der Waals surface area (Å²) in [6.45, 7) is 0.723. The second-order valence-corrected chi connectivity index (χ2v) is 7.62. The standard InChI is InChI=1S/C14H13N3O3S2/c15-9-11-1-3-13(4-2-11)22(18,19)17-7-5-12(10-17)20-14-16-6-8-21-14/h1-4,6,8,12H,5,7,10H2. The van der Waals surface area contributed by atoms with Crippen LogP contribution in [0.3, 0.4) is 0 Å². The van der Waals surface area contributed by atoms with Crippen LogP contribution in [0.4, 0.5) is 0 Å². The van der Waals surface area contributed by atoms with Gasteiger partial charge in [0.1, 0.15) is 6.10 Å². The highest BCUT2D eigenvalue weighted by atomic mass is 32.2. The van der Waals surface area contributed by atoms with Crippen LogP contribution < -0.4 is 4.74 Å². The highest BCUT2D eigenvalue weighted by Gasteiger charge is 2.33. The molecule has 1 aromatic carbocycles. The molecule has 0 saturated carbocycles. The maximum absolute atomic E-state index is 12.6. The van der Waals surface area contributed by atoms with Gasteiger partial charge in [0.25, 0.3) is 5.19 Å². The molecule has 1 aromatic heterocycles. The van der Waals surface area contributed by atoms with Gasteiger partial charge in [-0.3, -0.25) is 0 Å². The fourth-order valence-electron chi connectivity index (χ4n) is 2.27. The van der Waals surface area contributed by atoms with Gasteiger partial charge in [-0.1, -0.05) is 11.3 Å². The number of hydrogen-bond donors (Lipinski definition) is 0. The van der Waals surface area contributed by atoms with E-state index < -0.39 is 10.0 Å². The van der Waals surface area contributed by atoms with Crippen molar-refractivity contribution in [3.8, 4) is 11.3 Å². The number of ether oxygens (including phenoxy) is 1. The molecule has 3 rings (SSSR count). The molecule has 1 aliphatic heterocycles. The first-order valence-electron chi connectivity index (χ1n) is 6.66. The molecule has 0 N–H and O–H groups in total. The Morgan fingerprint density at radius 3 is 2.77 bits per heavy atom. The summed E-state index contributed by atoms with van der Waals surface area (Å²) in [5.41, 5.74) is 0.436. The van der Waals surface area contributed by atoms with Crippen molar-refractivity contribution in [1.29, 1.82) is 5.26 Å². The molecule has 0 radical (unpaired) electrons. The van der Waals surface area contributed by atoms with E-state index in [4.69, 9.17) is 10.00 Å². The van der Waals surface area contributed by atoms with E-state index in [9.17, 15) is 8.42 Å². The van der Waals surface area contributed by atoms with E-state index in [0.717, 1.165) is 0 Å².